The molecule has 0 amide bonds. The van der Waals surface area contributed by atoms with Gasteiger partial charge in [0.15, 0.2) is 0 Å². The number of ether oxygens (including phenoxy) is 1. The molecule has 0 atom stereocenters. The highest BCUT2D eigenvalue weighted by molar-refractivity contribution is 6.28. The van der Waals surface area contributed by atoms with Gasteiger partial charge in [-0.1, -0.05) is 0 Å². The van der Waals surface area contributed by atoms with E-state index in [2.05, 4.69) is 9.97 Å². The van der Waals surface area contributed by atoms with Crippen LogP contribution >= 0.6 is 11.6 Å². The standard InChI is InChI=1S/C10H12ClN3O3/c1-6-8(14(15)16)9(13-10(11)12-6)17-7-4-2-3-5-7/h7H,2-5H2,1H3. The fraction of sp³-hybridized carbons (Fsp3) is 0.600. The first-order valence-electron chi connectivity index (χ1n) is 5.43. The van der Waals surface area contributed by atoms with Crippen LogP contribution in [0.3, 0.4) is 0 Å². The maximum Gasteiger partial charge on any atom is 0.352 e. The van der Waals surface area contributed by atoms with Crippen molar-refractivity contribution in [2.24, 2.45) is 0 Å². The highest BCUT2D eigenvalue weighted by Gasteiger charge is 2.27. The van der Waals surface area contributed by atoms with E-state index in [1.807, 2.05) is 0 Å². The second-order valence-corrected chi connectivity index (χ2v) is 4.35. The quantitative estimate of drug-likeness (QED) is 0.473. The highest BCUT2D eigenvalue weighted by Crippen LogP contribution is 2.32. The van der Waals surface area contributed by atoms with Crippen LogP contribution in [0, 0.1) is 17.0 Å². The van der Waals surface area contributed by atoms with Crippen LogP contribution in [0.15, 0.2) is 0 Å². The van der Waals surface area contributed by atoms with Gasteiger partial charge in [-0.05, 0) is 44.2 Å². The van der Waals surface area contributed by atoms with Crippen LogP contribution < -0.4 is 4.74 Å². The van der Waals surface area contributed by atoms with Crippen molar-refractivity contribution >= 4 is 17.3 Å². The zero-order valence-electron chi connectivity index (χ0n) is 9.35. The molecule has 1 fully saturated rings. The van der Waals surface area contributed by atoms with Gasteiger partial charge in [-0.2, -0.15) is 4.98 Å². The van der Waals surface area contributed by atoms with E-state index >= 15 is 0 Å². The minimum atomic E-state index is -0.532. The van der Waals surface area contributed by atoms with Crippen LogP contribution in [0.2, 0.25) is 5.28 Å². The fourth-order valence-corrected chi connectivity index (χ4v) is 2.17. The third-order valence-electron chi connectivity index (χ3n) is 2.76. The van der Waals surface area contributed by atoms with Crippen LogP contribution in [0.5, 0.6) is 5.88 Å². The molecule has 1 aromatic rings. The first-order valence-corrected chi connectivity index (χ1v) is 5.81. The second kappa shape index (κ2) is 4.83. The number of aryl methyl sites for hydroxylation is 1. The lowest BCUT2D eigenvalue weighted by atomic mass is 10.3. The molecule has 2 rings (SSSR count). The lowest BCUT2D eigenvalue weighted by Gasteiger charge is -2.12. The van der Waals surface area contributed by atoms with E-state index in [-0.39, 0.29) is 28.6 Å². The summed E-state index contributed by atoms with van der Waals surface area (Å²) in [5.41, 5.74) is 0.0318. The molecule has 1 aromatic heterocycles. The van der Waals surface area contributed by atoms with Gasteiger partial charge in [0, 0.05) is 0 Å². The Morgan fingerprint density at radius 2 is 2.06 bits per heavy atom. The molecule has 17 heavy (non-hydrogen) atoms. The summed E-state index contributed by atoms with van der Waals surface area (Å²) in [6.07, 6.45) is 3.96. The topological polar surface area (TPSA) is 78.2 Å². The molecule has 0 unspecified atom stereocenters. The zero-order chi connectivity index (χ0) is 12.4. The van der Waals surface area contributed by atoms with Crippen LogP contribution in [-0.2, 0) is 0 Å². The Bertz CT molecular complexity index is 447. The smallest absolute Gasteiger partial charge is 0.352 e. The largest absolute Gasteiger partial charge is 0.469 e. The molecular formula is C10H12ClN3O3. The van der Waals surface area contributed by atoms with Crippen LogP contribution in [0.25, 0.3) is 0 Å². The van der Waals surface area contributed by atoms with Gasteiger partial charge in [0.05, 0.1) is 4.92 Å². The Morgan fingerprint density at radius 3 is 2.65 bits per heavy atom. The van der Waals surface area contributed by atoms with Crippen molar-refractivity contribution in [1.82, 2.24) is 9.97 Å². The molecule has 7 heteroatoms. The summed E-state index contributed by atoms with van der Waals surface area (Å²) in [4.78, 5) is 18.0. The van der Waals surface area contributed by atoms with Crippen molar-refractivity contribution in [1.29, 1.82) is 0 Å². The minimum Gasteiger partial charge on any atom is -0.469 e. The Balaban J connectivity index is 2.32. The Morgan fingerprint density at radius 1 is 1.41 bits per heavy atom. The molecule has 0 saturated heterocycles. The SMILES string of the molecule is Cc1nc(Cl)nc(OC2CCCC2)c1[N+](=O)[O-]. The van der Waals surface area contributed by atoms with Crippen molar-refractivity contribution in [2.45, 2.75) is 38.7 Å². The van der Waals surface area contributed by atoms with Gasteiger partial charge in [0.25, 0.3) is 5.88 Å². The van der Waals surface area contributed by atoms with Crippen LogP contribution in [-0.4, -0.2) is 21.0 Å². The van der Waals surface area contributed by atoms with E-state index in [0.717, 1.165) is 25.7 Å². The number of aromatic nitrogens is 2. The van der Waals surface area contributed by atoms with E-state index in [1.54, 1.807) is 0 Å². The molecule has 1 aliphatic rings. The van der Waals surface area contributed by atoms with Gasteiger partial charge in [-0.25, -0.2) is 4.98 Å². The van der Waals surface area contributed by atoms with Gasteiger partial charge in [-0.3, -0.25) is 10.1 Å². The second-order valence-electron chi connectivity index (χ2n) is 4.01. The average Bonchev–Trinajstić information content (AvgIpc) is 2.68. The summed E-state index contributed by atoms with van der Waals surface area (Å²) in [5, 5.41) is 10.9. The number of hydrogen-bond donors (Lipinski definition) is 0. The van der Waals surface area contributed by atoms with E-state index in [1.165, 1.54) is 6.92 Å². The molecule has 1 aliphatic carbocycles. The van der Waals surface area contributed by atoms with Crippen molar-refractivity contribution in [2.75, 3.05) is 0 Å². The summed E-state index contributed by atoms with van der Waals surface area (Å²) in [7, 11) is 0. The molecular weight excluding hydrogens is 246 g/mol. The fourth-order valence-electron chi connectivity index (χ4n) is 1.96. The summed E-state index contributed by atoms with van der Waals surface area (Å²) in [6.45, 7) is 1.52. The predicted molar refractivity (Wildman–Crippen MR) is 61.3 cm³/mol. The molecule has 0 aromatic carbocycles. The van der Waals surface area contributed by atoms with E-state index in [4.69, 9.17) is 16.3 Å². The maximum absolute atomic E-state index is 10.9. The molecule has 0 bridgehead atoms. The summed E-state index contributed by atoms with van der Waals surface area (Å²) < 4.78 is 5.55. The van der Waals surface area contributed by atoms with Gasteiger partial charge in [0.2, 0.25) is 5.28 Å². The highest BCUT2D eigenvalue weighted by atomic mass is 35.5. The number of hydrogen-bond acceptors (Lipinski definition) is 5. The third kappa shape index (κ3) is 2.63. The van der Waals surface area contributed by atoms with Crippen molar-refractivity contribution in [3.63, 3.8) is 0 Å². The summed E-state index contributed by atoms with van der Waals surface area (Å²) in [5.74, 6) is -0.0144. The van der Waals surface area contributed by atoms with Crippen molar-refractivity contribution in [3.05, 3.63) is 21.1 Å². The molecule has 0 N–H and O–H groups in total. The van der Waals surface area contributed by atoms with E-state index in [0.29, 0.717) is 0 Å². The monoisotopic (exact) mass is 257 g/mol. The van der Waals surface area contributed by atoms with Crippen LogP contribution in [0.1, 0.15) is 31.4 Å². The van der Waals surface area contributed by atoms with Gasteiger partial charge >= 0.3 is 5.69 Å². The van der Waals surface area contributed by atoms with E-state index in [9.17, 15) is 10.1 Å². The summed E-state index contributed by atoms with van der Waals surface area (Å²) >= 11 is 5.69. The molecule has 0 spiro atoms. The normalized spacial score (nSPS) is 16.1. The minimum absolute atomic E-state index is 0.000864. The van der Waals surface area contributed by atoms with Crippen molar-refractivity contribution < 1.29 is 9.66 Å². The number of nitrogens with zero attached hydrogens (tertiary/aromatic N) is 3. The molecule has 1 saturated carbocycles. The Labute approximate surface area is 103 Å². The molecule has 1 heterocycles. The molecule has 6 nitrogen and oxygen atoms in total. The zero-order valence-corrected chi connectivity index (χ0v) is 10.1. The molecule has 92 valence electrons. The third-order valence-corrected chi connectivity index (χ3v) is 2.93. The van der Waals surface area contributed by atoms with E-state index < -0.39 is 4.92 Å². The lowest BCUT2D eigenvalue weighted by molar-refractivity contribution is -0.387. The Hall–Kier alpha value is -1.43. The first kappa shape index (κ1) is 12.0. The number of halogens is 1. The predicted octanol–water partition coefficient (Wildman–Crippen LogP) is 2.67. The van der Waals surface area contributed by atoms with Crippen molar-refractivity contribution in [3.8, 4) is 5.88 Å². The summed E-state index contributed by atoms with van der Waals surface area (Å²) in [6, 6.07) is 0. The first-order chi connectivity index (χ1) is 8.08. The molecule has 0 aliphatic heterocycles. The number of nitro groups is 1. The molecule has 0 radical (unpaired) electrons. The Kier molecular flexibility index (Phi) is 3.42. The lowest BCUT2D eigenvalue weighted by Crippen LogP contribution is -2.14. The maximum atomic E-state index is 10.9. The van der Waals surface area contributed by atoms with Gasteiger partial charge < -0.3 is 4.74 Å². The average molecular weight is 258 g/mol. The van der Waals surface area contributed by atoms with Gasteiger partial charge in [-0.15, -0.1) is 0 Å². The van der Waals surface area contributed by atoms with Gasteiger partial charge in [0.1, 0.15) is 11.8 Å². The number of rotatable bonds is 3. The van der Waals surface area contributed by atoms with Crippen LogP contribution in [0.4, 0.5) is 5.69 Å².